The first-order valence-electron chi connectivity index (χ1n) is 11.6. The lowest BCUT2D eigenvalue weighted by Gasteiger charge is -2.38. The summed E-state index contributed by atoms with van der Waals surface area (Å²) in [4.78, 5) is 36.3. The van der Waals surface area contributed by atoms with Gasteiger partial charge >= 0.3 is 12.1 Å². The van der Waals surface area contributed by atoms with Crippen molar-refractivity contribution in [3.8, 4) is 11.1 Å². The van der Waals surface area contributed by atoms with Crippen LogP contribution in [-0.4, -0.2) is 41.3 Å². The first-order valence-corrected chi connectivity index (χ1v) is 11.6. The molecule has 0 aromatic heterocycles. The minimum atomic E-state index is -1.13. The second-order valence-corrected chi connectivity index (χ2v) is 10.0. The molecule has 7 heteroatoms. The lowest BCUT2D eigenvalue weighted by Crippen LogP contribution is -2.57. The number of fused-ring (bicyclic) bond motifs is 3. The monoisotopic (exact) mass is 466 g/mol. The zero-order chi connectivity index (χ0) is 25.1. The number of aliphatic carboxylic acids is 1. The molecule has 34 heavy (non-hydrogen) atoms. The number of carbonyl (C=O) groups excluding carboxylic acids is 2. The van der Waals surface area contributed by atoms with Crippen LogP contribution in [0, 0.1) is 5.41 Å². The topological polar surface area (TPSA) is 105 Å². The molecule has 0 aliphatic heterocycles. The minimum Gasteiger partial charge on any atom is -0.481 e. The maximum absolute atomic E-state index is 12.4. The Morgan fingerprint density at radius 3 is 2.03 bits per heavy atom. The molecule has 1 unspecified atom stereocenters. The summed E-state index contributed by atoms with van der Waals surface area (Å²) in [6.07, 6.45) is 0.0333. The second-order valence-electron chi connectivity index (χ2n) is 10.0. The third-order valence-corrected chi connectivity index (χ3v) is 7.06. The lowest BCUT2D eigenvalue weighted by atomic mass is 9.74. The first kappa shape index (κ1) is 25.3. The third-order valence-electron chi connectivity index (χ3n) is 7.06. The van der Waals surface area contributed by atoms with Crippen molar-refractivity contribution in [3.05, 3.63) is 59.7 Å². The fourth-order valence-electron chi connectivity index (χ4n) is 4.10. The smallest absolute Gasteiger partial charge is 0.407 e. The fraction of sp³-hybridized carbons (Fsp3) is 0.444. The largest absolute Gasteiger partial charge is 0.481 e. The number of rotatable bonds is 9. The summed E-state index contributed by atoms with van der Waals surface area (Å²) in [6.45, 7) is 8.58. The van der Waals surface area contributed by atoms with E-state index in [0.29, 0.717) is 6.42 Å². The number of carbonyl (C=O) groups is 3. The average molecular weight is 467 g/mol. The highest BCUT2D eigenvalue weighted by Crippen LogP contribution is 2.44. The average Bonchev–Trinajstić information content (AvgIpc) is 3.09. The Morgan fingerprint density at radius 2 is 1.50 bits per heavy atom. The van der Waals surface area contributed by atoms with Crippen LogP contribution in [0.1, 0.15) is 64.5 Å². The highest BCUT2D eigenvalue weighted by Gasteiger charge is 2.44. The molecule has 1 atom stereocenters. The van der Waals surface area contributed by atoms with E-state index in [2.05, 4.69) is 34.9 Å². The van der Waals surface area contributed by atoms with Crippen LogP contribution < -0.4 is 10.6 Å². The Balaban J connectivity index is 1.49. The number of alkyl carbamates (subject to hydrolysis) is 1. The molecule has 3 N–H and O–H groups in total. The summed E-state index contributed by atoms with van der Waals surface area (Å²) in [5.41, 5.74) is 2.56. The number of carboxylic acids is 1. The molecular weight excluding hydrogens is 432 g/mol. The van der Waals surface area contributed by atoms with Gasteiger partial charge in [0.25, 0.3) is 0 Å². The van der Waals surface area contributed by atoms with Gasteiger partial charge in [-0.1, -0.05) is 48.5 Å². The molecule has 0 bridgehead atoms. The van der Waals surface area contributed by atoms with Gasteiger partial charge in [0.1, 0.15) is 6.61 Å². The summed E-state index contributed by atoms with van der Waals surface area (Å²) < 4.78 is 5.55. The molecule has 1 aliphatic carbocycles. The molecule has 2 amide bonds. The van der Waals surface area contributed by atoms with Crippen LogP contribution in [0.15, 0.2) is 48.5 Å². The van der Waals surface area contributed by atoms with Gasteiger partial charge in [0.05, 0.1) is 5.41 Å². The highest BCUT2D eigenvalue weighted by atomic mass is 16.5. The molecule has 0 radical (unpaired) electrons. The van der Waals surface area contributed by atoms with Crippen LogP contribution in [0.3, 0.4) is 0 Å². The third kappa shape index (κ3) is 5.24. The Bertz CT molecular complexity index is 1030. The summed E-state index contributed by atoms with van der Waals surface area (Å²) in [5, 5.41) is 15.0. The van der Waals surface area contributed by atoms with E-state index in [4.69, 9.17) is 4.74 Å². The van der Waals surface area contributed by atoms with Crippen LogP contribution in [0.4, 0.5) is 4.79 Å². The van der Waals surface area contributed by atoms with E-state index in [1.165, 1.54) is 11.1 Å². The van der Waals surface area contributed by atoms with Gasteiger partial charge < -0.3 is 20.5 Å². The zero-order valence-corrected chi connectivity index (χ0v) is 20.5. The van der Waals surface area contributed by atoms with Crippen molar-refractivity contribution in [1.82, 2.24) is 10.6 Å². The number of nitrogens with one attached hydrogen (secondary N) is 2. The van der Waals surface area contributed by atoms with Gasteiger partial charge in [0.15, 0.2) is 0 Å². The van der Waals surface area contributed by atoms with Crippen LogP contribution in [0.2, 0.25) is 0 Å². The zero-order valence-electron chi connectivity index (χ0n) is 20.5. The number of benzene rings is 2. The van der Waals surface area contributed by atoms with E-state index in [1.54, 1.807) is 34.6 Å². The molecular formula is C27H34N2O5. The molecule has 2 aromatic carbocycles. The van der Waals surface area contributed by atoms with Gasteiger partial charge in [-0.3, -0.25) is 9.59 Å². The Kier molecular flexibility index (Phi) is 7.34. The van der Waals surface area contributed by atoms with Crippen molar-refractivity contribution < 1.29 is 24.2 Å². The van der Waals surface area contributed by atoms with Crippen LogP contribution in [0.25, 0.3) is 11.1 Å². The molecule has 0 fully saturated rings. The molecule has 0 spiro atoms. The van der Waals surface area contributed by atoms with E-state index in [1.807, 2.05) is 24.3 Å². The SMILES string of the molecule is CC(CCC(=O)NC(C)(C)C(C)(C)C(=O)O)NC(=O)OCC1c2ccccc2-c2ccccc21. The van der Waals surface area contributed by atoms with E-state index in [-0.39, 0.29) is 30.9 Å². The number of carboxylic acid groups (broad SMARTS) is 1. The fourth-order valence-corrected chi connectivity index (χ4v) is 4.10. The highest BCUT2D eigenvalue weighted by molar-refractivity contribution is 5.81. The molecule has 0 saturated heterocycles. The van der Waals surface area contributed by atoms with Gasteiger partial charge in [0.2, 0.25) is 5.91 Å². The van der Waals surface area contributed by atoms with Crippen molar-refractivity contribution in [2.45, 2.75) is 65.0 Å². The van der Waals surface area contributed by atoms with Crippen molar-refractivity contribution in [1.29, 1.82) is 0 Å². The Hall–Kier alpha value is -3.35. The second kappa shape index (κ2) is 9.87. The van der Waals surface area contributed by atoms with Gasteiger partial charge in [-0.15, -0.1) is 0 Å². The number of ether oxygens (including phenoxy) is 1. The van der Waals surface area contributed by atoms with Crippen molar-refractivity contribution in [2.24, 2.45) is 5.41 Å². The Morgan fingerprint density at radius 1 is 0.971 bits per heavy atom. The van der Waals surface area contributed by atoms with Gasteiger partial charge in [-0.25, -0.2) is 4.79 Å². The number of hydrogen-bond acceptors (Lipinski definition) is 4. The van der Waals surface area contributed by atoms with Gasteiger partial charge in [-0.05, 0) is 63.3 Å². The molecule has 2 aromatic rings. The summed E-state index contributed by atoms with van der Waals surface area (Å²) in [6, 6.07) is 16.0. The number of hydrogen-bond donors (Lipinski definition) is 3. The predicted octanol–water partition coefficient (Wildman–Crippen LogP) is 4.70. The van der Waals surface area contributed by atoms with Crippen molar-refractivity contribution in [3.63, 3.8) is 0 Å². The number of amides is 2. The molecule has 0 heterocycles. The quantitative estimate of drug-likeness (QED) is 0.497. The molecule has 0 saturated carbocycles. The van der Waals surface area contributed by atoms with Gasteiger partial charge in [-0.2, -0.15) is 0 Å². The molecule has 1 aliphatic rings. The van der Waals surface area contributed by atoms with E-state index in [9.17, 15) is 19.5 Å². The predicted molar refractivity (Wildman–Crippen MR) is 131 cm³/mol. The van der Waals surface area contributed by atoms with E-state index in [0.717, 1.165) is 11.1 Å². The summed E-state index contributed by atoms with van der Waals surface area (Å²) in [7, 11) is 0. The van der Waals surface area contributed by atoms with E-state index < -0.39 is 23.0 Å². The summed E-state index contributed by atoms with van der Waals surface area (Å²) >= 11 is 0. The normalized spacial score (nSPS) is 14.0. The van der Waals surface area contributed by atoms with Crippen molar-refractivity contribution in [2.75, 3.05) is 6.61 Å². The molecule has 182 valence electrons. The maximum Gasteiger partial charge on any atom is 0.407 e. The Labute approximate surface area is 200 Å². The standard InChI is InChI=1S/C27H34N2O5/c1-17(14-15-23(30)29-27(4,5)26(2,3)24(31)32)28-25(33)34-16-22-20-12-8-6-10-18(20)19-11-7-9-13-21(19)22/h6-13,17,22H,14-16H2,1-5H3,(H,28,33)(H,29,30)(H,31,32). The lowest BCUT2D eigenvalue weighted by molar-refractivity contribution is -0.151. The van der Waals surface area contributed by atoms with Gasteiger partial charge in [0, 0.05) is 23.9 Å². The van der Waals surface area contributed by atoms with Crippen LogP contribution >= 0.6 is 0 Å². The molecule has 3 rings (SSSR count). The van der Waals surface area contributed by atoms with E-state index >= 15 is 0 Å². The van der Waals surface area contributed by atoms with Crippen LogP contribution in [-0.2, 0) is 14.3 Å². The van der Waals surface area contributed by atoms with Crippen LogP contribution in [0.5, 0.6) is 0 Å². The maximum atomic E-state index is 12.4. The van der Waals surface area contributed by atoms with Crippen molar-refractivity contribution >= 4 is 18.0 Å². The minimum absolute atomic E-state index is 0.0148. The molecule has 7 nitrogen and oxygen atoms in total. The summed E-state index contributed by atoms with van der Waals surface area (Å²) in [5.74, 6) is -1.26. The first-order chi connectivity index (χ1) is 15.9.